The topological polar surface area (TPSA) is 116 Å². The van der Waals surface area contributed by atoms with Gasteiger partial charge in [0.15, 0.2) is 0 Å². The molecule has 0 aliphatic carbocycles. The number of carbonyl (C=O) groups is 3. The fraction of sp³-hybridized carbons (Fsp3) is 0.300. The van der Waals surface area contributed by atoms with E-state index >= 15 is 0 Å². The van der Waals surface area contributed by atoms with Gasteiger partial charge in [-0.3, -0.25) is 24.5 Å². The minimum absolute atomic E-state index is 0.00857. The lowest BCUT2D eigenvalue weighted by Gasteiger charge is -2.43. The molecule has 3 aromatic rings. The maximum absolute atomic E-state index is 14.0. The predicted octanol–water partition coefficient (Wildman–Crippen LogP) is 4.41. The third-order valence-corrected chi connectivity index (χ3v) is 8.18. The number of rotatable bonds is 7. The Morgan fingerprint density at radius 3 is 2.27 bits per heavy atom. The Labute approximate surface area is 242 Å². The van der Waals surface area contributed by atoms with Crippen molar-refractivity contribution in [2.45, 2.75) is 31.3 Å². The molecule has 0 unspecified atom stereocenters. The molecule has 3 amide bonds. The van der Waals surface area contributed by atoms with Crippen LogP contribution >= 0.6 is 11.6 Å². The Bertz CT molecular complexity index is 1460. The lowest BCUT2D eigenvalue weighted by atomic mass is 9.85. The Balaban J connectivity index is 1.32. The van der Waals surface area contributed by atoms with Gasteiger partial charge >= 0.3 is 0 Å². The van der Waals surface area contributed by atoms with Gasteiger partial charge in [0.25, 0.3) is 17.5 Å². The van der Waals surface area contributed by atoms with Crippen LogP contribution in [0.4, 0.5) is 11.4 Å². The number of nitrogens with zero attached hydrogens (tertiary/aromatic N) is 4. The van der Waals surface area contributed by atoms with Crippen LogP contribution in [0.25, 0.3) is 0 Å². The van der Waals surface area contributed by atoms with Gasteiger partial charge in [-0.2, -0.15) is 0 Å². The number of non-ortho nitro benzene ring substituents is 1. The summed E-state index contributed by atoms with van der Waals surface area (Å²) < 4.78 is 0. The minimum atomic E-state index is -0.914. The number of carbonyl (C=O) groups excluding carboxylic acids is 3. The smallest absolute Gasteiger partial charge is 0.270 e. The highest BCUT2D eigenvalue weighted by atomic mass is 35.5. The molecule has 0 bridgehead atoms. The molecule has 41 heavy (non-hydrogen) atoms. The molecule has 1 N–H and O–H groups in total. The number of para-hydroxylation sites is 1. The molecule has 10 nitrogen and oxygen atoms in total. The van der Waals surface area contributed by atoms with E-state index < -0.39 is 10.5 Å². The van der Waals surface area contributed by atoms with E-state index in [1.54, 1.807) is 9.80 Å². The quantitative estimate of drug-likeness (QED) is 0.330. The van der Waals surface area contributed by atoms with Gasteiger partial charge in [0.2, 0.25) is 5.91 Å². The molecule has 1 spiro atoms. The van der Waals surface area contributed by atoms with E-state index in [0.717, 1.165) is 11.3 Å². The molecule has 0 saturated carbocycles. The summed E-state index contributed by atoms with van der Waals surface area (Å²) in [6.07, 6.45) is 0.714. The zero-order valence-electron chi connectivity index (χ0n) is 22.5. The fourth-order valence-electron chi connectivity index (χ4n) is 5.65. The standard InChI is InChI=1S/C30H30ClN5O5/c1-21(22-8-4-2-5-9-22)32-27(37)19-34-20-35(23-10-6-3-7-11-23)30(29(34)39)14-16-33(17-15-30)28(38)25-13-12-24(36(40)41)18-26(25)31/h2-13,18,21H,14-17,19-20H2,1H3,(H,32,37)/t21-/m1/s1. The molecule has 2 aliphatic heterocycles. The Kier molecular flexibility index (Phi) is 7.94. The molecular weight excluding hydrogens is 546 g/mol. The summed E-state index contributed by atoms with van der Waals surface area (Å²) in [5.74, 6) is -0.743. The molecule has 2 heterocycles. The largest absolute Gasteiger partial charge is 0.348 e. The molecule has 1 atom stereocenters. The van der Waals surface area contributed by atoms with Gasteiger partial charge in [-0.25, -0.2) is 0 Å². The zero-order valence-corrected chi connectivity index (χ0v) is 23.3. The third kappa shape index (κ3) is 5.60. The van der Waals surface area contributed by atoms with Crippen LogP contribution in [-0.4, -0.2) is 64.3 Å². The van der Waals surface area contributed by atoms with Crippen molar-refractivity contribution in [1.29, 1.82) is 0 Å². The molecule has 2 fully saturated rings. The van der Waals surface area contributed by atoms with Crippen LogP contribution in [0.5, 0.6) is 0 Å². The first-order chi connectivity index (χ1) is 19.7. The first-order valence-corrected chi connectivity index (χ1v) is 13.8. The molecule has 5 rings (SSSR count). The highest BCUT2D eigenvalue weighted by molar-refractivity contribution is 6.34. The maximum Gasteiger partial charge on any atom is 0.270 e. The Morgan fingerprint density at radius 2 is 1.66 bits per heavy atom. The molecular formula is C30H30ClN5O5. The number of halogens is 1. The number of piperidine rings is 1. The average Bonchev–Trinajstić information content (AvgIpc) is 3.24. The van der Waals surface area contributed by atoms with E-state index in [1.807, 2.05) is 72.5 Å². The summed E-state index contributed by atoms with van der Waals surface area (Å²) in [5.41, 5.74) is 0.905. The van der Waals surface area contributed by atoms with Crippen LogP contribution in [0.2, 0.25) is 5.02 Å². The average molecular weight is 576 g/mol. The van der Waals surface area contributed by atoms with Crippen molar-refractivity contribution in [3.8, 4) is 0 Å². The second-order valence-corrected chi connectivity index (χ2v) is 10.8. The van der Waals surface area contributed by atoms with Crippen LogP contribution in [0.15, 0.2) is 78.9 Å². The number of likely N-dealkylation sites (tertiary alicyclic amines) is 1. The zero-order chi connectivity index (χ0) is 29.1. The van der Waals surface area contributed by atoms with Gasteiger partial charge in [0.05, 0.1) is 28.2 Å². The predicted molar refractivity (Wildman–Crippen MR) is 154 cm³/mol. The molecule has 2 aliphatic rings. The summed E-state index contributed by atoms with van der Waals surface area (Å²) in [7, 11) is 0. The van der Waals surface area contributed by atoms with Crippen molar-refractivity contribution < 1.29 is 19.3 Å². The maximum atomic E-state index is 14.0. The lowest BCUT2D eigenvalue weighted by molar-refractivity contribution is -0.384. The molecule has 0 aromatic heterocycles. The van der Waals surface area contributed by atoms with Crippen LogP contribution in [0, 0.1) is 10.1 Å². The summed E-state index contributed by atoms with van der Waals surface area (Å²) in [5, 5.41) is 14.1. The lowest BCUT2D eigenvalue weighted by Crippen LogP contribution is -2.57. The molecule has 2 saturated heterocycles. The van der Waals surface area contributed by atoms with Gasteiger partial charge in [0, 0.05) is 30.9 Å². The second-order valence-electron chi connectivity index (χ2n) is 10.4. The monoisotopic (exact) mass is 575 g/mol. The SMILES string of the molecule is C[C@@H](NC(=O)CN1CN(c2ccccc2)C2(CCN(C(=O)c3ccc([N+](=O)[O-])cc3Cl)CC2)C1=O)c1ccccc1. The number of nitro benzene ring substituents is 1. The Morgan fingerprint density at radius 1 is 1.02 bits per heavy atom. The van der Waals surface area contributed by atoms with E-state index in [-0.39, 0.29) is 66.3 Å². The number of nitrogens with one attached hydrogen (secondary N) is 1. The van der Waals surface area contributed by atoms with Gasteiger partial charge in [-0.15, -0.1) is 0 Å². The normalized spacial score (nSPS) is 17.0. The summed E-state index contributed by atoms with van der Waals surface area (Å²) in [6, 6.07) is 22.8. The number of hydrogen-bond donors (Lipinski definition) is 1. The van der Waals surface area contributed by atoms with Gasteiger partial charge < -0.3 is 20.0 Å². The van der Waals surface area contributed by atoms with Crippen molar-refractivity contribution in [1.82, 2.24) is 15.1 Å². The van der Waals surface area contributed by atoms with E-state index in [4.69, 9.17) is 11.6 Å². The minimum Gasteiger partial charge on any atom is -0.348 e. The summed E-state index contributed by atoms with van der Waals surface area (Å²) in [4.78, 5) is 56.0. The highest BCUT2D eigenvalue weighted by Crippen LogP contribution is 2.40. The van der Waals surface area contributed by atoms with Crippen LogP contribution in [-0.2, 0) is 9.59 Å². The first-order valence-electron chi connectivity index (χ1n) is 13.4. The van der Waals surface area contributed by atoms with Crippen LogP contribution < -0.4 is 10.2 Å². The van der Waals surface area contributed by atoms with Crippen molar-refractivity contribution in [3.05, 3.63) is 105 Å². The molecule has 11 heteroatoms. The van der Waals surface area contributed by atoms with Crippen LogP contribution in [0.1, 0.15) is 41.7 Å². The van der Waals surface area contributed by atoms with Crippen LogP contribution in [0.3, 0.4) is 0 Å². The number of hydrogen-bond acceptors (Lipinski definition) is 6. The molecule has 212 valence electrons. The van der Waals surface area contributed by atoms with E-state index in [1.165, 1.54) is 18.2 Å². The third-order valence-electron chi connectivity index (χ3n) is 7.87. The Hall–Kier alpha value is -4.44. The number of benzene rings is 3. The number of amides is 3. The van der Waals surface area contributed by atoms with Crippen molar-refractivity contribution in [3.63, 3.8) is 0 Å². The molecule has 0 radical (unpaired) electrons. The van der Waals surface area contributed by atoms with Gasteiger partial charge in [-0.05, 0) is 43.5 Å². The van der Waals surface area contributed by atoms with Gasteiger partial charge in [-0.1, -0.05) is 60.1 Å². The number of nitro groups is 1. The molecule has 3 aromatic carbocycles. The van der Waals surface area contributed by atoms with E-state index in [9.17, 15) is 24.5 Å². The van der Waals surface area contributed by atoms with Crippen molar-refractivity contribution in [2.75, 3.05) is 31.2 Å². The fourth-order valence-corrected chi connectivity index (χ4v) is 5.90. The summed E-state index contributed by atoms with van der Waals surface area (Å²) >= 11 is 6.22. The highest BCUT2D eigenvalue weighted by Gasteiger charge is 2.54. The van der Waals surface area contributed by atoms with Gasteiger partial charge in [0.1, 0.15) is 12.1 Å². The summed E-state index contributed by atoms with van der Waals surface area (Å²) in [6.45, 7) is 2.64. The van der Waals surface area contributed by atoms with Crippen molar-refractivity contribution >= 4 is 40.7 Å². The second kappa shape index (κ2) is 11.6. The van der Waals surface area contributed by atoms with E-state index in [2.05, 4.69) is 5.32 Å². The van der Waals surface area contributed by atoms with E-state index in [0.29, 0.717) is 12.8 Å². The first kappa shape index (κ1) is 28.1. The number of anilines is 1. The van der Waals surface area contributed by atoms with Crippen molar-refractivity contribution in [2.24, 2.45) is 0 Å².